The normalized spacial score (nSPS) is 12.5. The lowest BCUT2D eigenvalue weighted by Crippen LogP contribution is -2.25. The van der Waals surface area contributed by atoms with E-state index >= 15 is 0 Å². The van der Waals surface area contributed by atoms with Crippen molar-refractivity contribution in [3.8, 4) is 0 Å². The molecule has 0 bridgehead atoms. The van der Waals surface area contributed by atoms with E-state index in [9.17, 15) is 0 Å². The molecule has 1 rings (SSSR count). The highest BCUT2D eigenvalue weighted by Crippen LogP contribution is 2.16. The Balaban J connectivity index is 2.26. The van der Waals surface area contributed by atoms with Crippen molar-refractivity contribution in [1.82, 2.24) is 5.32 Å². The third-order valence-electron chi connectivity index (χ3n) is 3.11. The van der Waals surface area contributed by atoms with Crippen molar-refractivity contribution >= 4 is 0 Å². The summed E-state index contributed by atoms with van der Waals surface area (Å²) < 4.78 is 16.5. The minimum Gasteiger partial charge on any atom is -0.385 e. The number of rotatable bonds is 13. The summed E-state index contributed by atoms with van der Waals surface area (Å²) >= 11 is 0. The number of hydrogen-bond donors (Lipinski definition) is 1. The van der Waals surface area contributed by atoms with E-state index in [1.165, 1.54) is 5.56 Å². The molecule has 0 amide bonds. The van der Waals surface area contributed by atoms with E-state index in [2.05, 4.69) is 24.4 Å². The van der Waals surface area contributed by atoms with Crippen LogP contribution < -0.4 is 5.32 Å². The van der Waals surface area contributed by atoms with E-state index in [-0.39, 0.29) is 6.10 Å². The molecule has 1 aromatic carbocycles. The maximum Gasteiger partial charge on any atom is 0.0950 e. The van der Waals surface area contributed by atoms with Crippen molar-refractivity contribution in [1.29, 1.82) is 0 Å². The van der Waals surface area contributed by atoms with E-state index in [4.69, 9.17) is 14.2 Å². The van der Waals surface area contributed by atoms with Crippen molar-refractivity contribution < 1.29 is 14.2 Å². The Morgan fingerprint density at radius 3 is 2.57 bits per heavy atom. The molecule has 0 aromatic heterocycles. The van der Waals surface area contributed by atoms with Gasteiger partial charge in [0.15, 0.2) is 0 Å². The SMILES string of the molecule is CCCNCC(OCCOCCCOC)c1ccccc1. The second kappa shape index (κ2) is 12.8. The molecule has 21 heavy (non-hydrogen) atoms. The fourth-order valence-electron chi connectivity index (χ4n) is 2.01. The zero-order chi connectivity index (χ0) is 15.2. The molecule has 1 unspecified atom stereocenters. The highest BCUT2D eigenvalue weighted by molar-refractivity contribution is 5.17. The van der Waals surface area contributed by atoms with Gasteiger partial charge in [0.05, 0.1) is 19.3 Å². The largest absolute Gasteiger partial charge is 0.385 e. The van der Waals surface area contributed by atoms with Gasteiger partial charge < -0.3 is 19.5 Å². The molecule has 1 aromatic rings. The monoisotopic (exact) mass is 295 g/mol. The summed E-state index contributed by atoms with van der Waals surface area (Å²) in [6, 6.07) is 10.3. The van der Waals surface area contributed by atoms with Gasteiger partial charge in [0, 0.05) is 26.9 Å². The van der Waals surface area contributed by atoms with Gasteiger partial charge in [-0.05, 0) is 24.9 Å². The molecule has 0 radical (unpaired) electrons. The van der Waals surface area contributed by atoms with Gasteiger partial charge in [-0.3, -0.25) is 0 Å². The summed E-state index contributed by atoms with van der Waals surface area (Å²) in [6.07, 6.45) is 2.14. The molecule has 0 aliphatic carbocycles. The molecule has 0 saturated carbocycles. The predicted molar refractivity (Wildman–Crippen MR) is 85.6 cm³/mol. The average Bonchev–Trinajstić information content (AvgIpc) is 2.53. The summed E-state index contributed by atoms with van der Waals surface area (Å²) in [4.78, 5) is 0. The quantitative estimate of drug-likeness (QED) is 0.568. The topological polar surface area (TPSA) is 39.7 Å². The van der Waals surface area contributed by atoms with Crippen molar-refractivity contribution in [3.05, 3.63) is 35.9 Å². The molecule has 0 fully saturated rings. The van der Waals surface area contributed by atoms with Crippen LogP contribution in [0.2, 0.25) is 0 Å². The first-order valence-electron chi connectivity index (χ1n) is 7.82. The molecule has 4 heteroatoms. The average molecular weight is 295 g/mol. The highest BCUT2D eigenvalue weighted by atomic mass is 16.5. The molecule has 1 atom stereocenters. The zero-order valence-electron chi connectivity index (χ0n) is 13.3. The molecule has 120 valence electrons. The first-order chi connectivity index (χ1) is 10.4. The Hall–Kier alpha value is -0.940. The van der Waals surface area contributed by atoms with Crippen LogP contribution in [-0.4, -0.2) is 46.6 Å². The number of ether oxygens (including phenoxy) is 3. The number of methoxy groups -OCH3 is 1. The molecule has 0 spiro atoms. The van der Waals surface area contributed by atoms with Crippen molar-refractivity contribution in [2.75, 3.05) is 46.6 Å². The smallest absolute Gasteiger partial charge is 0.0950 e. The van der Waals surface area contributed by atoms with E-state index in [1.54, 1.807) is 7.11 Å². The maximum absolute atomic E-state index is 5.96. The number of hydrogen-bond acceptors (Lipinski definition) is 4. The third kappa shape index (κ3) is 8.83. The lowest BCUT2D eigenvalue weighted by molar-refractivity contribution is 0.000827. The molecular weight excluding hydrogens is 266 g/mol. The molecule has 0 aliphatic heterocycles. The fourth-order valence-corrected chi connectivity index (χ4v) is 2.01. The standard InChI is InChI=1S/C17H29NO3/c1-3-10-18-15-17(16-8-5-4-6-9-16)21-14-13-20-12-7-11-19-2/h4-6,8-9,17-18H,3,7,10-15H2,1-2H3. The lowest BCUT2D eigenvalue weighted by Gasteiger charge is -2.19. The fraction of sp³-hybridized carbons (Fsp3) is 0.647. The molecule has 0 saturated heterocycles. The maximum atomic E-state index is 5.96. The molecule has 4 nitrogen and oxygen atoms in total. The zero-order valence-corrected chi connectivity index (χ0v) is 13.3. The van der Waals surface area contributed by atoms with Crippen molar-refractivity contribution in [2.24, 2.45) is 0 Å². The number of nitrogens with one attached hydrogen (secondary N) is 1. The van der Waals surface area contributed by atoms with Crippen molar-refractivity contribution in [3.63, 3.8) is 0 Å². The molecule has 1 N–H and O–H groups in total. The van der Waals surface area contributed by atoms with Gasteiger partial charge in [0.25, 0.3) is 0 Å². The highest BCUT2D eigenvalue weighted by Gasteiger charge is 2.10. The van der Waals surface area contributed by atoms with Gasteiger partial charge in [-0.25, -0.2) is 0 Å². The Morgan fingerprint density at radius 2 is 1.86 bits per heavy atom. The molecule has 0 aliphatic rings. The first-order valence-corrected chi connectivity index (χ1v) is 7.82. The van der Waals surface area contributed by atoms with Crippen LogP contribution >= 0.6 is 0 Å². The molecular formula is C17H29NO3. The van der Waals surface area contributed by atoms with Gasteiger partial charge in [-0.15, -0.1) is 0 Å². The van der Waals surface area contributed by atoms with Crippen LogP contribution in [0.4, 0.5) is 0 Å². The van der Waals surface area contributed by atoms with E-state index in [0.29, 0.717) is 13.2 Å². The molecule has 0 heterocycles. The lowest BCUT2D eigenvalue weighted by atomic mass is 10.1. The van der Waals surface area contributed by atoms with Gasteiger partial charge >= 0.3 is 0 Å². The Morgan fingerprint density at radius 1 is 1.05 bits per heavy atom. The van der Waals surface area contributed by atoms with E-state index in [0.717, 1.165) is 39.1 Å². The van der Waals surface area contributed by atoms with Crippen LogP contribution in [0.5, 0.6) is 0 Å². The summed E-state index contributed by atoms with van der Waals surface area (Å²) in [5, 5.41) is 3.42. The summed E-state index contributed by atoms with van der Waals surface area (Å²) in [6.45, 7) is 6.72. The summed E-state index contributed by atoms with van der Waals surface area (Å²) in [5.74, 6) is 0. The van der Waals surface area contributed by atoms with Crippen LogP contribution in [0.25, 0.3) is 0 Å². The van der Waals surface area contributed by atoms with Crippen LogP contribution in [0, 0.1) is 0 Å². The van der Waals surface area contributed by atoms with E-state index < -0.39 is 0 Å². The second-order valence-corrected chi connectivity index (χ2v) is 4.93. The minimum atomic E-state index is 0.0836. The van der Waals surface area contributed by atoms with Gasteiger partial charge in [0.2, 0.25) is 0 Å². The third-order valence-corrected chi connectivity index (χ3v) is 3.11. The number of benzene rings is 1. The summed E-state index contributed by atoms with van der Waals surface area (Å²) in [7, 11) is 1.71. The Labute approximate surface area is 128 Å². The van der Waals surface area contributed by atoms with E-state index in [1.807, 2.05) is 18.2 Å². The predicted octanol–water partition coefficient (Wildman–Crippen LogP) is 2.80. The van der Waals surface area contributed by atoms with Gasteiger partial charge in [0.1, 0.15) is 0 Å². The van der Waals surface area contributed by atoms with Gasteiger partial charge in [-0.2, -0.15) is 0 Å². The first kappa shape index (κ1) is 18.1. The minimum absolute atomic E-state index is 0.0836. The van der Waals surface area contributed by atoms with Crippen LogP contribution in [0.15, 0.2) is 30.3 Å². The van der Waals surface area contributed by atoms with Gasteiger partial charge in [-0.1, -0.05) is 37.3 Å². The Bertz CT molecular complexity index is 332. The van der Waals surface area contributed by atoms with Crippen LogP contribution in [0.1, 0.15) is 31.4 Å². The van der Waals surface area contributed by atoms with Crippen molar-refractivity contribution in [2.45, 2.75) is 25.9 Å². The Kier molecular flexibility index (Phi) is 11.0. The second-order valence-electron chi connectivity index (χ2n) is 4.93. The van der Waals surface area contributed by atoms with Crippen LogP contribution in [0.3, 0.4) is 0 Å². The van der Waals surface area contributed by atoms with Crippen LogP contribution in [-0.2, 0) is 14.2 Å². The summed E-state index contributed by atoms with van der Waals surface area (Å²) in [5.41, 5.74) is 1.21.